The first-order valence-electron chi connectivity index (χ1n) is 5.14. The van der Waals surface area contributed by atoms with Gasteiger partial charge in [-0.1, -0.05) is 12.1 Å². The number of imidazole rings is 1. The van der Waals surface area contributed by atoms with Gasteiger partial charge in [0, 0.05) is 17.3 Å². The van der Waals surface area contributed by atoms with Crippen molar-refractivity contribution in [3.05, 3.63) is 48.0 Å². The SMILES string of the molecule is N#Cc1ccccc1SCc1nccn1C(F)F. The topological polar surface area (TPSA) is 41.6 Å². The third-order valence-electron chi connectivity index (χ3n) is 2.32. The first-order chi connectivity index (χ1) is 8.72. The van der Waals surface area contributed by atoms with Gasteiger partial charge in [0.05, 0.1) is 11.3 Å². The molecule has 0 saturated heterocycles. The van der Waals surface area contributed by atoms with Crippen LogP contribution in [-0.4, -0.2) is 9.55 Å². The van der Waals surface area contributed by atoms with E-state index in [-0.39, 0.29) is 0 Å². The first kappa shape index (κ1) is 12.6. The maximum Gasteiger partial charge on any atom is 0.319 e. The number of hydrogen-bond donors (Lipinski definition) is 0. The Balaban J connectivity index is 2.12. The van der Waals surface area contributed by atoms with Crippen LogP contribution < -0.4 is 0 Å². The molecule has 0 radical (unpaired) electrons. The number of hydrogen-bond acceptors (Lipinski definition) is 3. The molecule has 0 saturated carbocycles. The van der Waals surface area contributed by atoms with Gasteiger partial charge < -0.3 is 0 Å². The normalized spacial score (nSPS) is 10.6. The highest BCUT2D eigenvalue weighted by Gasteiger charge is 2.12. The summed E-state index contributed by atoms with van der Waals surface area (Å²) in [7, 11) is 0. The second-order valence-electron chi connectivity index (χ2n) is 3.43. The third kappa shape index (κ3) is 2.68. The number of rotatable bonds is 4. The lowest BCUT2D eigenvalue weighted by molar-refractivity contribution is 0.0678. The van der Waals surface area contributed by atoms with Gasteiger partial charge in [0.25, 0.3) is 0 Å². The van der Waals surface area contributed by atoms with Gasteiger partial charge in [-0.2, -0.15) is 14.0 Å². The van der Waals surface area contributed by atoms with Crippen molar-refractivity contribution in [2.45, 2.75) is 17.2 Å². The number of thioether (sulfide) groups is 1. The largest absolute Gasteiger partial charge is 0.319 e. The predicted molar refractivity (Wildman–Crippen MR) is 64.2 cm³/mol. The maximum atomic E-state index is 12.6. The lowest BCUT2D eigenvalue weighted by Crippen LogP contribution is -2.02. The average molecular weight is 265 g/mol. The maximum absolute atomic E-state index is 12.6. The van der Waals surface area contributed by atoms with Crippen molar-refractivity contribution < 1.29 is 8.78 Å². The van der Waals surface area contributed by atoms with Gasteiger partial charge >= 0.3 is 6.55 Å². The summed E-state index contributed by atoms with van der Waals surface area (Å²) in [5.41, 5.74) is 0.539. The van der Waals surface area contributed by atoms with E-state index in [1.54, 1.807) is 18.2 Å². The van der Waals surface area contributed by atoms with Crippen molar-refractivity contribution in [1.29, 1.82) is 5.26 Å². The molecule has 3 nitrogen and oxygen atoms in total. The van der Waals surface area contributed by atoms with Crippen LogP contribution in [0.3, 0.4) is 0 Å². The summed E-state index contributed by atoms with van der Waals surface area (Å²) in [4.78, 5) is 4.65. The zero-order valence-electron chi connectivity index (χ0n) is 9.25. The quantitative estimate of drug-likeness (QED) is 0.795. The average Bonchev–Trinajstić information content (AvgIpc) is 2.85. The zero-order chi connectivity index (χ0) is 13.0. The highest BCUT2D eigenvalue weighted by Crippen LogP contribution is 2.26. The summed E-state index contributed by atoms with van der Waals surface area (Å²) in [5.74, 6) is 0.596. The van der Waals surface area contributed by atoms with E-state index in [2.05, 4.69) is 11.1 Å². The van der Waals surface area contributed by atoms with E-state index in [1.165, 1.54) is 24.2 Å². The molecule has 0 spiro atoms. The minimum Gasteiger partial charge on any atom is -0.277 e. The lowest BCUT2D eigenvalue weighted by Gasteiger charge is -2.06. The highest BCUT2D eigenvalue weighted by atomic mass is 32.2. The molecule has 1 heterocycles. The second-order valence-corrected chi connectivity index (χ2v) is 4.44. The van der Waals surface area contributed by atoms with Crippen LogP contribution in [0.4, 0.5) is 8.78 Å². The fraction of sp³-hybridized carbons (Fsp3) is 0.167. The van der Waals surface area contributed by atoms with Crippen LogP contribution in [0.2, 0.25) is 0 Å². The minimum absolute atomic E-state index is 0.294. The van der Waals surface area contributed by atoms with Gasteiger partial charge in [-0.15, -0.1) is 11.8 Å². The molecule has 18 heavy (non-hydrogen) atoms. The van der Waals surface area contributed by atoms with Crippen LogP contribution in [0.5, 0.6) is 0 Å². The Bertz CT molecular complexity index is 575. The fourth-order valence-corrected chi connectivity index (χ4v) is 2.41. The fourth-order valence-electron chi connectivity index (χ4n) is 1.46. The van der Waals surface area contributed by atoms with Crippen molar-refractivity contribution >= 4 is 11.8 Å². The van der Waals surface area contributed by atoms with Crippen LogP contribution in [0.15, 0.2) is 41.6 Å². The molecule has 1 aromatic carbocycles. The summed E-state index contributed by atoms with van der Waals surface area (Å²) in [6, 6.07) is 9.13. The molecule has 0 unspecified atom stereocenters. The summed E-state index contributed by atoms with van der Waals surface area (Å²) < 4.78 is 26.0. The minimum atomic E-state index is -2.59. The molecule has 1 aromatic heterocycles. The summed E-state index contributed by atoms with van der Waals surface area (Å²) >= 11 is 1.32. The molecular formula is C12H9F2N3S. The molecule has 0 bridgehead atoms. The van der Waals surface area contributed by atoms with E-state index in [1.807, 2.05) is 6.07 Å². The van der Waals surface area contributed by atoms with Gasteiger partial charge in [-0.25, -0.2) is 4.98 Å². The van der Waals surface area contributed by atoms with Crippen molar-refractivity contribution in [1.82, 2.24) is 9.55 Å². The summed E-state index contributed by atoms with van der Waals surface area (Å²) in [6.45, 7) is -2.59. The van der Waals surface area contributed by atoms with E-state index in [9.17, 15) is 8.78 Å². The van der Waals surface area contributed by atoms with E-state index >= 15 is 0 Å². The standard InChI is InChI=1S/C12H9F2N3S/c13-12(14)17-6-5-16-11(17)8-18-10-4-2-1-3-9(10)7-15/h1-6,12H,8H2. The van der Waals surface area contributed by atoms with Gasteiger partial charge in [0.2, 0.25) is 0 Å². The summed E-state index contributed by atoms with van der Waals surface area (Å²) in [6.07, 6.45) is 2.59. The summed E-state index contributed by atoms with van der Waals surface area (Å²) in [5, 5.41) is 8.91. The number of benzene rings is 1. The monoisotopic (exact) mass is 265 g/mol. The molecule has 0 aliphatic carbocycles. The van der Waals surface area contributed by atoms with Gasteiger partial charge in [0.15, 0.2) is 0 Å². The first-order valence-corrected chi connectivity index (χ1v) is 6.12. The van der Waals surface area contributed by atoms with Crippen molar-refractivity contribution in [3.63, 3.8) is 0 Å². The van der Waals surface area contributed by atoms with Crippen LogP contribution in [0.1, 0.15) is 17.9 Å². The predicted octanol–water partition coefficient (Wildman–Crippen LogP) is 3.44. The zero-order valence-corrected chi connectivity index (χ0v) is 10.1. The van der Waals surface area contributed by atoms with Crippen molar-refractivity contribution in [2.24, 2.45) is 0 Å². The second kappa shape index (κ2) is 5.65. The van der Waals surface area contributed by atoms with Crippen LogP contribution in [0.25, 0.3) is 0 Å². The van der Waals surface area contributed by atoms with E-state index in [4.69, 9.17) is 5.26 Å². The molecule has 0 aliphatic heterocycles. The van der Waals surface area contributed by atoms with Crippen LogP contribution in [0, 0.1) is 11.3 Å². The Morgan fingerprint density at radius 3 is 2.89 bits per heavy atom. The third-order valence-corrected chi connectivity index (χ3v) is 3.39. The smallest absolute Gasteiger partial charge is 0.277 e. The van der Waals surface area contributed by atoms with E-state index in [0.717, 1.165) is 9.46 Å². The van der Waals surface area contributed by atoms with Crippen LogP contribution >= 0.6 is 11.8 Å². The van der Waals surface area contributed by atoms with E-state index in [0.29, 0.717) is 17.1 Å². The molecule has 0 amide bonds. The molecule has 0 N–H and O–H groups in total. The number of aromatic nitrogens is 2. The number of alkyl halides is 2. The molecule has 0 aliphatic rings. The number of nitrogens with zero attached hydrogens (tertiary/aromatic N) is 3. The molecule has 92 valence electrons. The van der Waals surface area contributed by atoms with Crippen molar-refractivity contribution in [2.75, 3.05) is 0 Å². The Morgan fingerprint density at radius 2 is 2.17 bits per heavy atom. The lowest BCUT2D eigenvalue weighted by atomic mass is 10.2. The molecule has 6 heteroatoms. The van der Waals surface area contributed by atoms with Crippen LogP contribution in [-0.2, 0) is 5.75 Å². The molecule has 0 fully saturated rings. The van der Waals surface area contributed by atoms with Crippen molar-refractivity contribution in [3.8, 4) is 6.07 Å². The van der Waals surface area contributed by atoms with E-state index < -0.39 is 6.55 Å². The number of halogens is 2. The Morgan fingerprint density at radius 1 is 1.39 bits per heavy atom. The number of nitriles is 1. The van der Waals surface area contributed by atoms with Gasteiger partial charge in [-0.05, 0) is 12.1 Å². The molecule has 2 rings (SSSR count). The van der Waals surface area contributed by atoms with Gasteiger partial charge in [-0.3, -0.25) is 4.57 Å². The van der Waals surface area contributed by atoms with Gasteiger partial charge in [0.1, 0.15) is 11.9 Å². The molecule has 2 aromatic rings. The highest BCUT2D eigenvalue weighted by molar-refractivity contribution is 7.98. The Labute approximate surface area is 107 Å². The Hall–Kier alpha value is -1.87. The Kier molecular flexibility index (Phi) is 3.95. The molecule has 0 atom stereocenters. The molecular weight excluding hydrogens is 256 g/mol.